The molecule has 58 valence electrons. The van der Waals surface area contributed by atoms with Gasteiger partial charge in [0.25, 0.3) is 0 Å². The molecule has 0 radical (unpaired) electrons. The van der Waals surface area contributed by atoms with E-state index in [1.54, 1.807) is 7.05 Å². The number of aliphatic imine (C=N–C) groups is 1. The van der Waals surface area contributed by atoms with Crippen molar-refractivity contribution in [3.63, 3.8) is 0 Å². The SMILES string of the molecule is CCC=N/C(C)=C(/N)NC. The predicted molar refractivity (Wildman–Crippen MR) is 44.7 cm³/mol. The van der Waals surface area contributed by atoms with Gasteiger partial charge in [0, 0.05) is 13.3 Å². The van der Waals surface area contributed by atoms with Gasteiger partial charge in [-0.1, -0.05) is 6.92 Å². The summed E-state index contributed by atoms with van der Waals surface area (Å²) in [5.41, 5.74) is 6.35. The quantitative estimate of drug-likeness (QED) is 0.572. The van der Waals surface area contributed by atoms with Gasteiger partial charge in [-0.2, -0.15) is 0 Å². The maximum atomic E-state index is 5.51. The molecule has 10 heavy (non-hydrogen) atoms. The van der Waals surface area contributed by atoms with Crippen molar-refractivity contribution in [1.29, 1.82) is 0 Å². The highest BCUT2D eigenvalue weighted by atomic mass is 15.0. The van der Waals surface area contributed by atoms with E-state index in [-0.39, 0.29) is 0 Å². The summed E-state index contributed by atoms with van der Waals surface area (Å²) >= 11 is 0. The second-order valence-electron chi connectivity index (χ2n) is 1.97. The zero-order valence-electron chi connectivity index (χ0n) is 6.81. The first-order valence-electron chi connectivity index (χ1n) is 3.39. The monoisotopic (exact) mass is 141 g/mol. The van der Waals surface area contributed by atoms with Crippen LogP contribution in [0.3, 0.4) is 0 Å². The Morgan fingerprint density at radius 2 is 2.30 bits per heavy atom. The zero-order chi connectivity index (χ0) is 7.98. The van der Waals surface area contributed by atoms with E-state index >= 15 is 0 Å². The van der Waals surface area contributed by atoms with Crippen LogP contribution in [0.5, 0.6) is 0 Å². The van der Waals surface area contributed by atoms with E-state index < -0.39 is 0 Å². The molecule has 0 saturated carbocycles. The highest BCUT2D eigenvalue weighted by Gasteiger charge is 1.88. The Labute approximate surface area is 62.0 Å². The minimum Gasteiger partial charge on any atom is -0.384 e. The molecular weight excluding hydrogens is 126 g/mol. The van der Waals surface area contributed by atoms with Crippen LogP contribution in [0.4, 0.5) is 0 Å². The number of rotatable bonds is 3. The fourth-order valence-corrected chi connectivity index (χ4v) is 0.479. The van der Waals surface area contributed by atoms with E-state index in [9.17, 15) is 0 Å². The van der Waals surface area contributed by atoms with Gasteiger partial charge in [-0.3, -0.25) is 4.99 Å². The van der Waals surface area contributed by atoms with Crippen molar-refractivity contribution in [3.8, 4) is 0 Å². The second kappa shape index (κ2) is 4.85. The minimum absolute atomic E-state index is 0.629. The Balaban J connectivity index is 4.04. The molecule has 0 aromatic heterocycles. The van der Waals surface area contributed by atoms with E-state index in [4.69, 9.17) is 5.73 Å². The molecule has 0 heterocycles. The van der Waals surface area contributed by atoms with Crippen LogP contribution in [0, 0.1) is 0 Å². The summed E-state index contributed by atoms with van der Waals surface area (Å²) in [6, 6.07) is 0. The lowest BCUT2D eigenvalue weighted by atomic mass is 10.4. The molecule has 0 fully saturated rings. The third kappa shape index (κ3) is 3.12. The van der Waals surface area contributed by atoms with E-state index in [1.807, 2.05) is 20.1 Å². The molecule has 3 heteroatoms. The lowest BCUT2D eigenvalue weighted by molar-refractivity contribution is 0.926. The largest absolute Gasteiger partial charge is 0.384 e. The summed E-state index contributed by atoms with van der Waals surface area (Å²) in [5, 5.41) is 2.82. The average molecular weight is 141 g/mol. The number of hydrogen-bond acceptors (Lipinski definition) is 3. The Kier molecular flexibility index (Phi) is 4.37. The van der Waals surface area contributed by atoms with Crippen LogP contribution < -0.4 is 11.1 Å². The van der Waals surface area contributed by atoms with Gasteiger partial charge in [0.1, 0.15) is 5.82 Å². The van der Waals surface area contributed by atoms with Gasteiger partial charge in [-0.15, -0.1) is 0 Å². The lowest BCUT2D eigenvalue weighted by Crippen LogP contribution is -2.16. The van der Waals surface area contributed by atoms with Crippen LogP contribution in [0.2, 0.25) is 0 Å². The molecule has 0 spiro atoms. The van der Waals surface area contributed by atoms with E-state index in [0.717, 1.165) is 12.1 Å². The van der Waals surface area contributed by atoms with Crippen LogP contribution in [0.1, 0.15) is 20.3 Å². The van der Waals surface area contributed by atoms with Crippen molar-refractivity contribution >= 4 is 6.21 Å². The molecule has 0 amide bonds. The molecule has 0 saturated heterocycles. The molecule has 0 aliphatic rings. The first kappa shape index (κ1) is 9.01. The Morgan fingerprint density at radius 1 is 1.70 bits per heavy atom. The van der Waals surface area contributed by atoms with Gasteiger partial charge in [0.2, 0.25) is 0 Å². The van der Waals surface area contributed by atoms with Gasteiger partial charge in [0.15, 0.2) is 0 Å². The van der Waals surface area contributed by atoms with Crippen LogP contribution in [0.25, 0.3) is 0 Å². The summed E-state index contributed by atoms with van der Waals surface area (Å²) in [4.78, 5) is 4.08. The molecule has 0 aromatic carbocycles. The summed E-state index contributed by atoms with van der Waals surface area (Å²) in [6.07, 6.45) is 2.77. The lowest BCUT2D eigenvalue weighted by Gasteiger charge is -2.00. The van der Waals surface area contributed by atoms with Crippen molar-refractivity contribution in [2.24, 2.45) is 10.7 Å². The van der Waals surface area contributed by atoms with Gasteiger partial charge in [-0.05, 0) is 13.3 Å². The summed E-state index contributed by atoms with van der Waals surface area (Å²) < 4.78 is 0. The Bertz CT molecular complexity index is 147. The van der Waals surface area contributed by atoms with Gasteiger partial charge in [-0.25, -0.2) is 0 Å². The third-order valence-electron chi connectivity index (χ3n) is 1.13. The van der Waals surface area contributed by atoms with E-state index in [1.165, 1.54) is 0 Å². The van der Waals surface area contributed by atoms with Crippen LogP contribution >= 0.6 is 0 Å². The van der Waals surface area contributed by atoms with Crippen LogP contribution in [0.15, 0.2) is 16.5 Å². The average Bonchev–Trinajstić information content (AvgIpc) is 1.98. The van der Waals surface area contributed by atoms with Gasteiger partial charge < -0.3 is 11.1 Å². The fourth-order valence-electron chi connectivity index (χ4n) is 0.479. The van der Waals surface area contributed by atoms with Crippen molar-refractivity contribution in [2.75, 3.05) is 7.05 Å². The van der Waals surface area contributed by atoms with Crippen molar-refractivity contribution in [2.45, 2.75) is 20.3 Å². The Hall–Kier alpha value is -0.990. The normalized spacial score (nSPS) is 13.5. The molecule has 0 aliphatic carbocycles. The molecule has 0 atom stereocenters. The number of nitrogens with one attached hydrogen (secondary N) is 1. The number of nitrogens with zero attached hydrogens (tertiary/aromatic N) is 1. The van der Waals surface area contributed by atoms with Crippen LogP contribution in [-0.2, 0) is 0 Å². The molecule has 0 rings (SSSR count). The number of nitrogens with two attached hydrogens (primary N) is 1. The summed E-state index contributed by atoms with van der Waals surface area (Å²) in [5.74, 6) is 0.629. The van der Waals surface area contributed by atoms with Gasteiger partial charge in [0.05, 0.1) is 5.70 Å². The number of allylic oxidation sites excluding steroid dienone is 1. The number of hydrogen-bond donors (Lipinski definition) is 2. The van der Waals surface area contributed by atoms with E-state index in [0.29, 0.717) is 5.82 Å². The van der Waals surface area contributed by atoms with E-state index in [2.05, 4.69) is 10.3 Å². The fraction of sp³-hybridized carbons (Fsp3) is 0.571. The minimum atomic E-state index is 0.629. The molecule has 0 unspecified atom stereocenters. The maximum absolute atomic E-state index is 5.51. The van der Waals surface area contributed by atoms with Crippen molar-refractivity contribution in [3.05, 3.63) is 11.5 Å². The van der Waals surface area contributed by atoms with Crippen molar-refractivity contribution in [1.82, 2.24) is 5.32 Å². The standard InChI is InChI=1S/C7H15N3/c1-4-5-10-6(2)7(8)9-3/h5,9H,4,8H2,1-3H3/b7-6-,10-5?. The first-order chi connectivity index (χ1) is 4.72. The smallest absolute Gasteiger partial charge is 0.118 e. The van der Waals surface area contributed by atoms with Crippen molar-refractivity contribution < 1.29 is 0 Å². The summed E-state index contributed by atoms with van der Waals surface area (Å²) in [7, 11) is 1.78. The molecular formula is C7H15N3. The van der Waals surface area contributed by atoms with Gasteiger partial charge >= 0.3 is 0 Å². The highest BCUT2D eigenvalue weighted by Crippen LogP contribution is 1.94. The van der Waals surface area contributed by atoms with Crippen LogP contribution in [-0.4, -0.2) is 13.3 Å². The highest BCUT2D eigenvalue weighted by molar-refractivity contribution is 5.58. The molecule has 3 N–H and O–H groups in total. The maximum Gasteiger partial charge on any atom is 0.118 e. The first-order valence-corrected chi connectivity index (χ1v) is 3.39. The molecule has 0 bridgehead atoms. The molecule has 3 nitrogen and oxygen atoms in total. The molecule has 0 aliphatic heterocycles. The zero-order valence-corrected chi connectivity index (χ0v) is 6.81. The second-order valence-corrected chi connectivity index (χ2v) is 1.97. The summed E-state index contributed by atoms with van der Waals surface area (Å²) in [6.45, 7) is 3.91. The predicted octanol–water partition coefficient (Wildman–Crippen LogP) is 0.834. The third-order valence-corrected chi connectivity index (χ3v) is 1.13. The Morgan fingerprint density at radius 3 is 2.70 bits per heavy atom. The molecule has 0 aromatic rings. The topological polar surface area (TPSA) is 50.4 Å².